The third-order valence-electron chi connectivity index (χ3n) is 5.61. The summed E-state index contributed by atoms with van der Waals surface area (Å²) >= 11 is 1.23. The van der Waals surface area contributed by atoms with Crippen molar-refractivity contribution in [2.75, 3.05) is 5.32 Å². The van der Waals surface area contributed by atoms with Crippen molar-refractivity contribution in [3.8, 4) is 0 Å². The highest BCUT2D eigenvalue weighted by Crippen LogP contribution is 2.38. The van der Waals surface area contributed by atoms with Crippen molar-refractivity contribution in [1.29, 1.82) is 0 Å². The standard InChI is InChI=1S/C26H21FN4O2S/c1-2-21(24(32)28-18-14-12-17(27)13-15-18)34-26-29-20-11-7-6-10-19(20)23-30-22(25(33)31(23)26)16-8-4-3-5-9-16/h3-15,21-22H,2H2,1H3,(H,28,32)/t21-,22+/m0/s1. The summed E-state index contributed by atoms with van der Waals surface area (Å²) in [5.74, 6) is -0.274. The molecule has 0 fully saturated rings. The maximum atomic E-state index is 13.5. The number of anilines is 1. The molecular formula is C26H21FN4O2S. The van der Waals surface area contributed by atoms with E-state index in [-0.39, 0.29) is 17.6 Å². The molecule has 5 rings (SSSR count). The molecule has 0 spiro atoms. The minimum Gasteiger partial charge on any atom is -0.325 e. The molecule has 3 aromatic rings. The van der Waals surface area contributed by atoms with Crippen LogP contribution in [0.2, 0.25) is 0 Å². The Hall–Kier alpha value is -3.78. The fourth-order valence-corrected chi connectivity index (χ4v) is 4.91. The third-order valence-corrected chi connectivity index (χ3v) is 6.92. The van der Waals surface area contributed by atoms with Gasteiger partial charge in [-0.15, -0.1) is 0 Å². The number of benzene rings is 3. The lowest BCUT2D eigenvalue weighted by Crippen LogP contribution is -2.41. The van der Waals surface area contributed by atoms with E-state index in [4.69, 9.17) is 9.98 Å². The van der Waals surface area contributed by atoms with Crippen LogP contribution in [0.25, 0.3) is 0 Å². The summed E-state index contributed by atoms with van der Waals surface area (Å²) in [6.45, 7) is 1.90. The smallest absolute Gasteiger partial charge is 0.263 e. The van der Waals surface area contributed by atoms with Gasteiger partial charge in [0.1, 0.15) is 11.7 Å². The van der Waals surface area contributed by atoms with Crippen LogP contribution in [-0.2, 0) is 9.59 Å². The lowest BCUT2D eigenvalue weighted by molar-refractivity contribution is -0.124. The van der Waals surface area contributed by atoms with Crippen molar-refractivity contribution in [3.05, 3.63) is 95.8 Å². The molecule has 170 valence electrons. The number of aliphatic imine (C=N–C) groups is 2. The second-order valence-corrected chi connectivity index (χ2v) is 9.03. The first-order chi connectivity index (χ1) is 16.5. The highest BCUT2D eigenvalue weighted by atomic mass is 32.2. The molecule has 0 unspecified atom stereocenters. The number of para-hydroxylation sites is 1. The molecule has 0 saturated carbocycles. The molecule has 0 aromatic heterocycles. The van der Waals surface area contributed by atoms with Gasteiger partial charge < -0.3 is 5.32 Å². The van der Waals surface area contributed by atoms with Crippen LogP contribution in [0.1, 0.15) is 30.5 Å². The number of nitrogens with one attached hydrogen (secondary N) is 1. The number of hydrogen-bond donors (Lipinski definition) is 1. The molecule has 0 aliphatic carbocycles. The maximum absolute atomic E-state index is 13.5. The maximum Gasteiger partial charge on any atom is 0.263 e. The average molecular weight is 473 g/mol. The minimum absolute atomic E-state index is 0.198. The number of carbonyl (C=O) groups is 2. The summed E-state index contributed by atoms with van der Waals surface area (Å²) in [6.07, 6.45) is 0.509. The van der Waals surface area contributed by atoms with E-state index in [1.165, 1.54) is 40.9 Å². The number of thioether (sulfide) groups is 1. The van der Waals surface area contributed by atoms with Gasteiger partial charge in [-0.05, 0) is 48.4 Å². The largest absolute Gasteiger partial charge is 0.325 e. The molecule has 2 heterocycles. The van der Waals surface area contributed by atoms with Gasteiger partial charge in [0.15, 0.2) is 11.2 Å². The Morgan fingerprint density at radius 2 is 1.76 bits per heavy atom. The lowest BCUT2D eigenvalue weighted by atomic mass is 10.1. The van der Waals surface area contributed by atoms with Gasteiger partial charge in [0.05, 0.1) is 10.9 Å². The van der Waals surface area contributed by atoms with Crippen LogP contribution in [0.5, 0.6) is 0 Å². The summed E-state index contributed by atoms with van der Waals surface area (Å²) in [4.78, 5) is 37.5. The highest BCUT2D eigenvalue weighted by molar-refractivity contribution is 8.15. The number of nitrogens with zero attached hydrogens (tertiary/aromatic N) is 3. The predicted molar refractivity (Wildman–Crippen MR) is 133 cm³/mol. The molecule has 2 amide bonds. The van der Waals surface area contributed by atoms with Crippen molar-refractivity contribution >= 4 is 46.0 Å². The second kappa shape index (κ2) is 9.23. The monoisotopic (exact) mass is 472 g/mol. The topological polar surface area (TPSA) is 74.1 Å². The van der Waals surface area contributed by atoms with E-state index < -0.39 is 11.3 Å². The zero-order chi connectivity index (χ0) is 23.7. The molecule has 8 heteroatoms. The van der Waals surface area contributed by atoms with E-state index in [9.17, 15) is 14.0 Å². The predicted octanol–water partition coefficient (Wildman–Crippen LogP) is 5.31. The molecule has 0 bridgehead atoms. The molecule has 6 nitrogen and oxygen atoms in total. The first-order valence-corrected chi connectivity index (χ1v) is 11.8. The van der Waals surface area contributed by atoms with Gasteiger partial charge in [0, 0.05) is 11.3 Å². The number of amidine groups is 2. The Kier molecular flexibility index (Phi) is 5.98. The van der Waals surface area contributed by atoms with Crippen molar-refractivity contribution in [1.82, 2.24) is 4.90 Å². The number of fused-ring (bicyclic) bond motifs is 3. The van der Waals surface area contributed by atoms with Crippen LogP contribution in [0.3, 0.4) is 0 Å². The van der Waals surface area contributed by atoms with Gasteiger partial charge in [-0.2, -0.15) is 0 Å². The Labute approximate surface area is 200 Å². The molecule has 34 heavy (non-hydrogen) atoms. The summed E-state index contributed by atoms with van der Waals surface area (Å²) in [5.41, 5.74) is 2.79. The van der Waals surface area contributed by atoms with Crippen molar-refractivity contribution in [2.45, 2.75) is 24.6 Å². The molecule has 2 aliphatic rings. The summed E-state index contributed by atoms with van der Waals surface area (Å²) in [6, 6.07) is 21.9. The van der Waals surface area contributed by atoms with Crippen LogP contribution >= 0.6 is 11.8 Å². The first-order valence-electron chi connectivity index (χ1n) is 10.9. The molecule has 3 aromatic carbocycles. The number of halogens is 1. The van der Waals surface area contributed by atoms with Gasteiger partial charge in [-0.25, -0.2) is 19.3 Å². The quantitative estimate of drug-likeness (QED) is 0.547. The Balaban J connectivity index is 1.45. The molecule has 2 aliphatic heterocycles. The normalized spacial score (nSPS) is 17.4. The van der Waals surface area contributed by atoms with Crippen molar-refractivity contribution < 1.29 is 14.0 Å². The van der Waals surface area contributed by atoms with E-state index in [1.807, 2.05) is 61.5 Å². The number of amides is 2. The van der Waals surface area contributed by atoms with Gasteiger partial charge in [0.2, 0.25) is 5.91 Å². The fraction of sp³-hybridized carbons (Fsp3) is 0.154. The fourth-order valence-electron chi connectivity index (χ4n) is 3.89. The van der Waals surface area contributed by atoms with Crippen LogP contribution in [0, 0.1) is 5.82 Å². The number of hydrogen-bond acceptors (Lipinski definition) is 5. The first kappa shape index (κ1) is 22.0. The van der Waals surface area contributed by atoms with E-state index in [2.05, 4.69) is 5.32 Å². The Bertz CT molecular complexity index is 1310. The zero-order valence-corrected chi connectivity index (χ0v) is 19.1. The highest BCUT2D eigenvalue weighted by Gasteiger charge is 2.43. The molecule has 2 atom stereocenters. The molecule has 0 radical (unpaired) electrons. The van der Waals surface area contributed by atoms with Crippen LogP contribution in [0.4, 0.5) is 15.8 Å². The van der Waals surface area contributed by atoms with E-state index >= 15 is 0 Å². The number of rotatable bonds is 5. The summed E-state index contributed by atoms with van der Waals surface area (Å²) in [7, 11) is 0. The van der Waals surface area contributed by atoms with Crippen LogP contribution in [-0.4, -0.2) is 33.0 Å². The van der Waals surface area contributed by atoms with Crippen molar-refractivity contribution in [2.24, 2.45) is 9.98 Å². The third kappa shape index (κ3) is 4.12. The molecular weight excluding hydrogens is 451 g/mol. The van der Waals surface area contributed by atoms with Gasteiger partial charge in [0.25, 0.3) is 5.91 Å². The van der Waals surface area contributed by atoms with Gasteiger partial charge in [-0.1, -0.05) is 61.2 Å². The molecule has 1 N–H and O–H groups in total. The lowest BCUT2D eigenvalue weighted by Gasteiger charge is -2.27. The van der Waals surface area contributed by atoms with Crippen LogP contribution < -0.4 is 5.32 Å². The van der Waals surface area contributed by atoms with Gasteiger partial charge >= 0.3 is 0 Å². The van der Waals surface area contributed by atoms with E-state index in [0.29, 0.717) is 28.8 Å². The average Bonchev–Trinajstić information content (AvgIpc) is 3.22. The Morgan fingerprint density at radius 1 is 1.06 bits per heavy atom. The summed E-state index contributed by atoms with van der Waals surface area (Å²) in [5, 5.41) is 2.72. The van der Waals surface area contributed by atoms with Crippen LogP contribution in [0.15, 0.2) is 88.8 Å². The van der Waals surface area contributed by atoms with E-state index in [0.717, 1.165) is 11.1 Å². The number of carbonyl (C=O) groups excluding carboxylic acids is 2. The SMILES string of the molecule is CC[C@H](SC1=Nc2ccccc2C2=N[C@H](c3ccccc3)C(=O)N12)C(=O)Nc1ccc(F)cc1. The second-order valence-electron chi connectivity index (χ2n) is 7.86. The summed E-state index contributed by atoms with van der Waals surface area (Å²) < 4.78 is 13.2. The van der Waals surface area contributed by atoms with Gasteiger partial charge in [-0.3, -0.25) is 9.59 Å². The molecule has 0 saturated heterocycles. The van der Waals surface area contributed by atoms with Crippen molar-refractivity contribution in [3.63, 3.8) is 0 Å². The van der Waals surface area contributed by atoms with E-state index in [1.54, 1.807) is 0 Å². The zero-order valence-electron chi connectivity index (χ0n) is 18.3. The Morgan fingerprint density at radius 3 is 2.50 bits per heavy atom. The minimum atomic E-state index is -0.665.